The van der Waals surface area contributed by atoms with Gasteiger partial charge in [-0.3, -0.25) is 14.9 Å². The van der Waals surface area contributed by atoms with Crippen molar-refractivity contribution in [3.63, 3.8) is 0 Å². The predicted octanol–water partition coefficient (Wildman–Crippen LogP) is 3.31. The molecule has 1 aromatic heterocycles. The fourth-order valence-corrected chi connectivity index (χ4v) is 2.51. The summed E-state index contributed by atoms with van der Waals surface area (Å²) in [5.74, 6) is -0.0985. The number of non-ortho nitro benzene ring substituents is 1. The highest BCUT2D eigenvalue weighted by Crippen LogP contribution is 2.29. The van der Waals surface area contributed by atoms with Crippen LogP contribution in [-0.4, -0.2) is 30.0 Å². The molecule has 27 heavy (non-hydrogen) atoms. The van der Waals surface area contributed by atoms with Crippen LogP contribution in [-0.2, 0) is 9.53 Å². The molecule has 1 N–H and O–H groups in total. The number of hydrogen-bond acceptors (Lipinski definition) is 7. The Kier molecular flexibility index (Phi) is 5.84. The third kappa shape index (κ3) is 4.25. The Labute approximate surface area is 155 Å². The number of methoxy groups -OCH3 is 1. The second kappa shape index (κ2) is 7.90. The summed E-state index contributed by atoms with van der Waals surface area (Å²) in [5, 5.41) is 13.4. The van der Waals surface area contributed by atoms with E-state index in [0.29, 0.717) is 17.1 Å². The number of nitrogens with zero attached hydrogens (tertiary/aromatic N) is 1. The van der Waals surface area contributed by atoms with Crippen molar-refractivity contribution < 1.29 is 28.4 Å². The molecule has 0 aliphatic heterocycles. The molecule has 0 saturated carbocycles. The van der Waals surface area contributed by atoms with Crippen LogP contribution in [0, 0.1) is 30.9 Å². The van der Waals surface area contributed by atoms with Crippen LogP contribution in [0.5, 0.6) is 5.75 Å². The highest BCUT2D eigenvalue weighted by Gasteiger charge is 2.25. The maximum absolute atomic E-state index is 12.4. The van der Waals surface area contributed by atoms with Crippen LogP contribution in [0.4, 0.5) is 11.4 Å². The molecule has 0 aliphatic rings. The summed E-state index contributed by atoms with van der Waals surface area (Å²) in [5.41, 5.74) is 0.813. The number of furan rings is 1. The minimum absolute atomic E-state index is 0.103. The number of carbonyl (C=O) groups excluding carboxylic acids is 2. The van der Waals surface area contributed by atoms with E-state index in [1.807, 2.05) is 0 Å². The summed E-state index contributed by atoms with van der Waals surface area (Å²) < 4.78 is 15.7. The minimum Gasteiger partial charge on any atom is -0.495 e. The zero-order valence-electron chi connectivity index (χ0n) is 15.6. The van der Waals surface area contributed by atoms with E-state index in [1.54, 1.807) is 20.8 Å². The number of ether oxygens (including phenoxy) is 2. The molecule has 0 unspecified atom stereocenters. The number of aryl methyl sites for hydroxylation is 2. The van der Waals surface area contributed by atoms with Crippen molar-refractivity contribution in [1.29, 1.82) is 0 Å². The monoisotopic (exact) mass is 376 g/mol. The van der Waals surface area contributed by atoms with Gasteiger partial charge >= 0.3 is 5.97 Å². The lowest BCUT2D eigenvalue weighted by Gasteiger charge is -2.15. The summed E-state index contributed by atoms with van der Waals surface area (Å²) in [6.45, 7) is 6.48. The van der Waals surface area contributed by atoms with E-state index in [4.69, 9.17) is 13.9 Å². The van der Waals surface area contributed by atoms with E-state index in [9.17, 15) is 19.7 Å². The molecule has 0 fully saturated rings. The van der Waals surface area contributed by atoms with Crippen LogP contribution < -0.4 is 10.1 Å². The molecule has 0 aliphatic carbocycles. The fraction of sp³-hybridized carbons (Fsp3) is 0.333. The Balaban J connectivity index is 2.15. The zero-order valence-corrected chi connectivity index (χ0v) is 15.6. The van der Waals surface area contributed by atoms with E-state index in [-0.39, 0.29) is 22.7 Å². The maximum Gasteiger partial charge on any atom is 0.342 e. The summed E-state index contributed by atoms with van der Waals surface area (Å²) in [7, 11) is 1.37. The van der Waals surface area contributed by atoms with Crippen LogP contribution >= 0.6 is 0 Å². The van der Waals surface area contributed by atoms with E-state index in [2.05, 4.69) is 5.32 Å². The van der Waals surface area contributed by atoms with Gasteiger partial charge in [0.2, 0.25) is 0 Å². The Hall–Kier alpha value is -3.36. The number of esters is 1. The van der Waals surface area contributed by atoms with Gasteiger partial charge in [0.15, 0.2) is 6.10 Å². The zero-order chi connectivity index (χ0) is 20.3. The van der Waals surface area contributed by atoms with Gasteiger partial charge in [-0.2, -0.15) is 0 Å². The van der Waals surface area contributed by atoms with Gasteiger partial charge < -0.3 is 19.2 Å². The van der Waals surface area contributed by atoms with E-state index in [0.717, 1.165) is 0 Å². The topological polar surface area (TPSA) is 121 Å². The number of hydrogen-bond donors (Lipinski definition) is 1. The third-order valence-electron chi connectivity index (χ3n) is 4.07. The largest absolute Gasteiger partial charge is 0.495 e. The second-order valence-electron chi connectivity index (χ2n) is 5.89. The van der Waals surface area contributed by atoms with Crippen LogP contribution in [0.15, 0.2) is 22.6 Å². The molecular formula is C18H20N2O7. The first-order chi connectivity index (χ1) is 12.6. The number of nitro groups is 1. The molecule has 0 spiro atoms. The van der Waals surface area contributed by atoms with Crippen LogP contribution in [0.1, 0.15) is 34.4 Å². The van der Waals surface area contributed by atoms with Gasteiger partial charge in [-0.1, -0.05) is 0 Å². The lowest BCUT2D eigenvalue weighted by atomic mass is 10.1. The highest BCUT2D eigenvalue weighted by atomic mass is 16.6. The maximum atomic E-state index is 12.4. The Morgan fingerprint density at radius 1 is 1.22 bits per heavy atom. The Morgan fingerprint density at radius 3 is 2.41 bits per heavy atom. The van der Waals surface area contributed by atoms with Gasteiger partial charge in [-0.15, -0.1) is 0 Å². The van der Waals surface area contributed by atoms with Crippen LogP contribution in [0.2, 0.25) is 0 Å². The summed E-state index contributed by atoms with van der Waals surface area (Å²) >= 11 is 0. The van der Waals surface area contributed by atoms with Gasteiger partial charge in [0.25, 0.3) is 11.6 Å². The van der Waals surface area contributed by atoms with Crippen molar-refractivity contribution >= 4 is 23.3 Å². The second-order valence-corrected chi connectivity index (χ2v) is 5.89. The molecule has 1 amide bonds. The number of nitro benzene ring substituents is 1. The fourth-order valence-electron chi connectivity index (χ4n) is 2.51. The van der Waals surface area contributed by atoms with E-state index >= 15 is 0 Å². The van der Waals surface area contributed by atoms with Crippen molar-refractivity contribution in [2.75, 3.05) is 12.4 Å². The SMILES string of the molecule is COc1ccc([N+](=O)[O-])cc1NC(=O)[C@H](C)OC(=O)c1c(C)oc(C)c1C. The molecule has 1 aromatic carbocycles. The molecule has 2 aromatic rings. The molecule has 9 nitrogen and oxygen atoms in total. The van der Waals surface area contributed by atoms with Gasteiger partial charge in [0.1, 0.15) is 22.8 Å². The molecule has 0 bridgehead atoms. The number of amides is 1. The molecule has 9 heteroatoms. The van der Waals surface area contributed by atoms with Gasteiger partial charge in [0, 0.05) is 17.7 Å². The lowest BCUT2D eigenvalue weighted by Crippen LogP contribution is -2.30. The average molecular weight is 376 g/mol. The molecule has 1 atom stereocenters. The van der Waals surface area contributed by atoms with Crippen LogP contribution in [0.25, 0.3) is 0 Å². The van der Waals surface area contributed by atoms with Gasteiger partial charge in [-0.05, 0) is 33.8 Å². The normalized spacial score (nSPS) is 11.6. The van der Waals surface area contributed by atoms with Gasteiger partial charge in [-0.25, -0.2) is 4.79 Å². The first-order valence-electron chi connectivity index (χ1n) is 8.06. The number of carbonyl (C=O) groups is 2. The number of anilines is 1. The number of benzene rings is 1. The average Bonchev–Trinajstić information content (AvgIpc) is 2.86. The molecule has 1 heterocycles. The quantitative estimate of drug-likeness (QED) is 0.466. The first-order valence-corrected chi connectivity index (χ1v) is 8.06. The summed E-state index contributed by atoms with van der Waals surface area (Å²) in [6, 6.07) is 3.79. The van der Waals surface area contributed by atoms with Crippen molar-refractivity contribution in [1.82, 2.24) is 0 Å². The van der Waals surface area contributed by atoms with Crippen molar-refractivity contribution in [3.8, 4) is 5.75 Å². The van der Waals surface area contributed by atoms with Crippen molar-refractivity contribution in [3.05, 3.63) is 51.0 Å². The summed E-state index contributed by atoms with van der Waals surface area (Å²) in [4.78, 5) is 35.0. The third-order valence-corrected chi connectivity index (χ3v) is 4.07. The highest BCUT2D eigenvalue weighted by molar-refractivity contribution is 5.99. The molecule has 0 radical (unpaired) electrons. The Morgan fingerprint density at radius 2 is 1.89 bits per heavy atom. The van der Waals surface area contributed by atoms with E-state index in [1.165, 1.54) is 32.2 Å². The molecule has 0 saturated heterocycles. The van der Waals surface area contributed by atoms with Gasteiger partial charge in [0.05, 0.1) is 17.7 Å². The smallest absolute Gasteiger partial charge is 0.342 e. The minimum atomic E-state index is -1.14. The van der Waals surface area contributed by atoms with Crippen LogP contribution in [0.3, 0.4) is 0 Å². The molecule has 144 valence electrons. The molecular weight excluding hydrogens is 356 g/mol. The standard InChI is InChI=1S/C18H20N2O7/c1-9-10(2)26-11(3)16(9)18(22)27-12(4)17(21)19-14-8-13(20(23)24)6-7-15(14)25-5/h6-8,12H,1-5H3,(H,19,21)/t12-/m0/s1. The lowest BCUT2D eigenvalue weighted by molar-refractivity contribution is -0.384. The first kappa shape index (κ1) is 20.0. The van der Waals surface area contributed by atoms with Crippen molar-refractivity contribution in [2.45, 2.75) is 33.8 Å². The summed E-state index contributed by atoms with van der Waals surface area (Å²) in [6.07, 6.45) is -1.14. The number of nitrogens with one attached hydrogen (secondary N) is 1. The number of rotatable bonds is 6. The van der Waals surface area contributed by atoms with Crippen molar-refractivity contribution in [2.24, 2.45) is 0 Å². The molecule has 2 rings (SSSR count). The van der Waals surface area contributed by atoms with E-state index < -0.39 is 22.9 Å². The Bertz CT molecular complexity index is 901. The predicted molar refractivity (Wildman–Crippen MR) is 96.1 cm³/mol.